The van der Waals surface area contributed by atoms with E-state index in [1.807, 2.05) is 78.3 Å². The number of hydrogen-bond donors (Lipinski definition) is 1. The Morgan fingerprint density at radius 2 is 1.78 bits per heavy atom. The van der Waals surface area contributed by atoms with E-state index in [0.29, 0.717) is 29.5 Å². The molecule has 182 valence electrons. The zero-order valence-corrected chi connectivity index (χ0v) is 20.6. The number of thioether (sulfide) groups is 1. The van der Waals surface area contributed by atoms with Crippen molar-refractivity contribution >= 4 is 34.4 Å². The lowest BCUT2D eigenvalue weighted by atomic mass is 10.0. The molecule has 0 bridgehead atoms. The minimum atomic E-state index is -0.406. The van der Waals surface area contributed by atoms with Crippen molar-refractivity contribution in [2.75, 3.05) is 5.75 Å². The summed E-state index contributed by atoms with van der Waals surface area (Å²) in [5.74, 6) is 1.12. The normalized spacial score (nSPS) is 11.2. The summed E-state index contributed by atoms with van der Waals surface area (Å²) in [5.41, 5.74) is 8.91. The zero-order valence-electron chi connectivity index (χ0n) is 19.8. The number of Topliss-reactive ketones (excluding diaryl/α,β-unsaturated/α-hetero) is 1. The molecule has 0 aliphatic rings. The quantitative estimate of drug-likeness (QED) is 0.224. The van der Waals surface area contributed by atoms with Crippen molar-refractivity contribution < 1.29 is 14.0 Å². The molecule has 0 aliphatic carbocycles. The predicted molar refractivity (Wildman–Crippen MR) is 139 cm³/mol. The average molecular weight is 500 g/mol. The molecule has 3 aromatic heterocycles. The number of para-hydroxylation sites is 1. The van der Waals surface area contributed by atoms with E-state index in [0.717, 1.165) is 27.9 Å². The number of ketones is 1. The van der Waals surface area contributed by atoms with E-state index in [1.54, 1.807) is 6.26 Å². The van der Waals surface area contributed by atoms with Gasteiger partial charge in [-0.05, 0) is 23.8 Å². The number of amides is 1. The Bertz CT molecular complexity index is 1520. The van der Waals surface area contributed by atoms with Gasteiger partial charge in [-0.3, -0.25) is 14.2 Å². The monoisotopic (exact) mass is 499 g/mol. The number of fused-ring (bicyclic) bond motifs is 1. The van der Waals surface area contributed by atoms with Crippen LogP contribution < -0.4 is 5.73 Å². The predicted octanol–water partition coefficient (Wildman–Crippen LogP) is 4.47. The zero-order chi connectivity index (χ0) is 25.1. The van der Waals surface area contributed by atoms with Crippen LogP contribution in [0.5, 0.6) is 0 Å². The number of aromatic nitrogens is 4. The Morgan fingerprint density at radius 1 is 1.00 bits per heavy atom. The molecule has 0 radical (unpaired) electrons. The second kappa shape index (κ2) is 10.2. The van der Waals surface area contributed by atoms with Gasteiger partial charge in [-0.25, -0.2) is 0 Å². The summed E-state index contributed by atoms with van der Waals surface area (Å²) in [6, 6.07) is 21.6. The van der Waals surface area contributed by atoms with Gasteiger partial charge < -0.3 is 14.7 Å². The molecule has 1 amide bonds. The number of benzene rings is 2. The van der Waals surface area contributed by atoms with Gasteiger partial charge in [0.25, 0.3) is 0 Å². The van der Waals surface area contributed by atoms with Crippen LogP contribution in [0.2, 0.25) is 0 Å². The van der Waals surface area contributed by atoms with Crippen LogP contribution in [0.4, 0.5) is 0 Å². The molecular formula is C27H25N5O3S. The van der Waals surface area contributed by atoms with Crippen molar-refractivity contribution in [2.45, 2.75) is 24.5 Å². The second-order valence-corrected chi connectivity index (χ2v) is 9.35. The van der Waals surface area contributed by atoms with Crippen molar-refractivity contribution in [2.24, 2.45) is 12.8 Å². The Hall–Kier alpha value is -4.11. The molecule has 5 rings (SSSR count). The van der Waals surface area contributed by atoms with Gasteiger partial charge in [0.2, 0.25) is 5.91 Å². The Balaban J connectivity index is 1.46. The van der Waals surface area contributed by atoms with Crippen LogP contribution in [0.3, 0.4) is 0 Å². The van der Waals surface area contributed by atoms with Gasteiger partial charge >= 0.3 is 0 Å². The number of carbonyl (C=O) groups excluding carboxylic acids is 2. The van der Waals surface area contributed by atoms with Gasteiger partial charge in [0.05, 0.1) is 29.8 Å². The van der Waals surface area contributed by atoms with Crippen LogP contribution in [0, 0.1) is 0 Å². The van der Waals surface area contributed by atoms with E-state index in [1.165, 1.54) is 11.8 Å². The highest BCUT2D eigenvalue weighted by Gasteiger charge is 2.23. The standard InChI is InChI=1S/C27H25N5O3S/c1-31-21-12-6-5-11-20(21)25(26(31)18-8-3-2-4-9-18)22(33)17-36-27-30-29-24(14-13-23(28)34)32(27)16-19-10-7-15-35-19/h2-12,15H,13-14,16-17H2,1H3,(H2,28,34). The van der Waals surface area contributed by atoms with Gasteiger partial charge in [0.1, 0.15) is 11.6 Å². The summed E-state index contributed by atoms with van der Waals surface area (Å²) >= 11 is 1.32. The molecule has 36 heavy (non-hydrogen) atoms. The second-order valence-electron chi connectivity index (χ2n) is 8.41. The highest BCUT2D eigenvalue weighted by Crippen LogP contribution is 2.34. The number of nitrogens with zero attached hydrogens (tertiary/aromatic N) is 4. The summed E-state index contributed by atoms with van der Waals surface area (Å²) in [4.78, 5) is 25.1. The highest BCUT2D eigenvalue weighted by molar-refractivity contribution is 7.99. The maximum Gasteiger partial charge on any atom is 0.217 e. The van der Waals surface area contributed by atoms with Crippen LogP contribution in [0.25, 0.3) is 22.2 Å². The molecule has 0 aliphatic heterocycles. The third-order valence-electron chi connectivity index (χ3n) is 6.05. The summed E-state index contributed by atoms with van der Waals surface area (Å²) in [6.07, 6.45) is 2.13. The van der Waals surface area contributed by atoms with Crippen molar-refractivity contribution in [3.63, 3.8) is 0 Å². The summed E-state index contributed by atoms with van der Waals surface area (Å²) in [7, 11) is 1.99. The minimum absolute atomic E-state index is 0.00175. The number of primary amides is 1. The van der Waals surface area contributed by atoms with Gasteiger partial charge in [0, 0.05) is 30.8 Å². The van der Waals surface area contributed by atoms with E-state index < -0.39 is 5.91 Å². The van der Waals surface area contributed by atoms with Crippen LogP contribution in [-0.4, -0.2) is 36.8 Å². The largest absolute Gasteiger partial charge is 0.467 e. The smallest absolute Gasteiger partial charge is 0.217 e. The molecule has 2 N–H and O–H groups in total. The lowest BCUT2D eigenvalue weighted by molar-refractivity contribution is -0.118. The maximum atomic E-state index is 13.7. The molecule has 5 aromatic rings. The van der Waals surface area contributed by atoms with Crippen LogP contribution in [-0.2, 0) is 24.8 Å². The van der Waals surface area contributed by atoms with E-state index in [4.69, 9.17) is 10.2 Å². The summed E-state index contributed by atoms with van der Waals surface area (Å²) in [6.45, 7) is 0.397. The van der Waals surface area contributed by atoms with Crippen molar-refractivity contribution in [3.8, 4) is 11.3 Å². The molecule has 0 saturated heterocycles. The lowest BCUT2D eigenvalue weighted by Crippen LogP contribution is -2.14. The molecule has 8 nitrogen and oxygen atoms in total. The van der Waals surface area contributed by atoms with E-state index in [2.05, 4.69) is 14.8 Å². The number of rotatable bonds is 10. The minimum Gasteiger partial charge on any atom is -0.467 e. The number of hydrogen-bond acceptors (Lipinski definition) is 6. The molecule has 3 heterocycles. The highest BCUT2D eigenvalue weighted by atomic mass is 32.2. The van der Waals surface area contributed by atoms with Gasteiger partial charge in [-0.15, -0.1) is 10.2 Å². The third-order valence-corrected chi connectivity index (χ3v) is 7.01. The van der Waals surface area contributed by atoms with Crippen LogP contribution in [0.1, 0.15) is 28.4 Å². The summed E-state index contributed by atoms with van der Waals surface area (Å²) in [5, 5.41) is 10.1. The first-order valence-electron chi connectivity index (χ1n) is 11.5. The molecule has 0 unspecified atom stereocenters. The molecule has 0 spiro atoms. The number of furan rings is 1. The number of carbonyl (C=O) groups is 2. The number of nitrogens with two attached hydrogens (primary N) is 1. The fraction of sp³-hybridized carbons (Fsp3) is 0.185. The maximum absolute atomic E-state index is 13.7. The topological polar surface area (TPSA) is 109 Å². The van der Waals surface area contributed by atoms with Crippen molar-refractivity contribution in [1.82, 2.24) is 19.3 Å². The first-order chi connectivity index (χ1) is 17.5. The van der Waals surface area contributed by atoms with Crippen LogP contribution >= 0.6 is 11.8 Å². The molecule has 0 atom stereocenters. The lowest BCUT2D eigenvalue weighted by Gasteiger charge is -2.09. The number of aryl methyl sites for hydroxylation is 2. The van der Waals surface area contributed by atoms with E-state index >= 15 is 0 Å². The fourth-order valence-electron chi connectivity index (χ4n) is 4.37. The molecule has 9 heteroatoms. The molecular weight excluding hydrogens is 474 g/mol. The van der Waals surface area contributed by atoms with Crippen molar-refractivity contribution in [3.05, 3.63) is 90.1 Å². The van der Waals surface area contributed by atoms with Crippen LogP contribution in [0.15, 0.2) is 82.6 Å². The SMILES string of the molecule is Cn1c(-c2ccccc2)c(C(=O)CSc2nnc(CCC(N)=O)n2Cc2ccco2)c2ccccc21. The first kappa shape index (κ1) is 23.6. The van der Waals surface area contributed by atoms with E-state index in [-0.39, 0.29) is 18.0 Å². The average Bonchev–Trinajstić information content (AvgIpc) is 3.61. The van der Waals surface area contributed by atoms with E-state index in [9.17, 15) is 9.59 Å². The Labute approximate surface area is 212 Å². The Kier molecular flexibility index (Phi) is 6.73. The third kappa shape index (κ3) is 4.70. The van der Waals surface area contributed by atoms with Gasteiger partial charge in [-0.1, -0.05) is 60.3 Å². The Morgan fingerprint density at radius 3 is 2.53 bits per heavy atom. The first-order valence-corrected chi connectivity index (χ1v) is 12.5. The molecule has 0 saturated carbocycles. The van der Waals surface area contributed by atoms with Gasteiger partial charge in [0.15, 0.2) is 10.9 Å². The molecule has 2 aromatic carbocycles. The molecule has 0 fully saturated rings. The van der Waals surface area contributed by atoms with Gasteiger partial charge in [-0.2, -0.15) is 0 Å². The summed E-state index contributed by atoms with van der Waals surface area (Å²) < 4.78 is 9.46. The fourth-order valence-corrected chi connectivity index (χ4v) is 5.20. The van der Waals surface area contributed by atoms with Crippen molar-refractivity contribution in [1.29, 1.82) is 0 Å².